The average Bonchev–Trinajstić information content (AvgIpc) is 2.68. The number of benzene rings is 2. The standard InChI is InChI=1S/C20H24BrN3O4S/c1-15(20(26)22-2)23(13-16-8-7-9-17(21)12-16)19(25)14-24(29(3,27)28)18-10-5-4-6-11-18/h4-12,15H,13-14H2,1-3H3,(H,22,26)/t15-/m0/s1. The molecule has 0 spiro atoms. The first-order valence-electron chi connectivity index (χ1n) is 8.91. The lowest BCUT2D eigenvalue weighted by atomic mass is 10.1. The molecule has 1 atom stereocenters. The van der Waals surface area contributed by atoms with Crippen LogP contribution in [0.4, 0.5) is 5.69 Å². The molecule has 2 amide bonds. The van der Waals surface area contributed by atoms with E-state index in [1.807, 2.05) is 24.3 Å². The van der Waals surface area contributed by atoms with Gasteiger partial charge in [-0.15, -0.1) is 0 Å². The second-order valence-electron chi connectivity index (χ2n) is 6.55. The molecule has 2 rings (SSSR count). The summed E-state index contributed by atoms with van der Waals surface area (Å²) in [5.74, 6) is -0.811. The largest absolute Gasteiger partial charge is 0.357 e. The summed E-state index contributed by atoms with van der Waals surface area (Å²) in [6, 6.07) is 15.0. The number of carbonyl (C=O) groups is 2. The van der Waals surface area contributed by atoms with Gasteiger partial charge in [-0.05, 0) is 36.8 Å². The zero-order chi connectivity index (χ0) is 21.6. The Morgan fingerprint density at radius 3 is 2.31 bits per heavy atom. The predicted molar refractivity (Wildman–Crippen MR) is 117 cm³/mol. The van der Waals surface area contributed by atoms with Crippen molar-refractivity contribution < 1.29 is 18.0 Å². The van der Waals surface area contributed by atoms with Crippen molar-refractivity contribution in [3.05, 3.63) is 64.6 Å². The second kappa shape index (κ2) is 9.89. The lowest BCUT2D eigenvalue weighted by Crippen LogP contribution is -2.50. The van der Waals surface area contributed by atoms with Crippen LogP contribution >= 0.6 is 15.9 Å². The number of nitrogens with one attached hydrogen (secondary N) is 1. The van der Waals surface area contributed by atoms with Gasteiger partial charge in [0, 0.05) is 18.1 Å². The van der Waals surface area contributed by atoms with E-state index in [0.717, 1.165) is 20.6 Å². The number of hydrogen-bond donors (Lipinski definition) is 1. The molecule has 0 aliphatic carbocycles. The van der Waals surface area contributed by atoms with Gasteiger partial charge in [-0.3, -0.25) is 13.9 Å². The normalized spacial score (nSPS) is 12.1. The molecule has 0 saturated heterocycles. The molecular weight excluding hydrogens is 458 g/mol. The van der Waals surface area contributed by atoms with Crippen molar-refractivity contribution >= 4 is 43.5 Å². The fraction of sp³-hybridized carbons (Fsp3) is 0.300. The molecule has 0 unspecified atom stereocenters. The van der Waals surface area contributed by atoms with E-state index in [1.165, 1.54) is 11.9 Å². The highest BCUT2D eigenvalue weighted by Crippen LogP contribution is 2.19. The van der Waals surface area contributed by atoms with Crippen molar-refractivity contribution in [2.45, 2.75) is 19.5 Å². The Kier molecular flexibility index (Phi) is 7.80. The van der Waals surface area contributed by atoms with Crippen LogP contribution in [0.2, 0.25) is 0 Å². The van der Waals surface area contributed by atoms with Crippen molar-refractivity contribution in [2.24, 2.45) is 0 Å². The first-order chi connectivity index (χ1) is 13.6. The van der Waals surface area contributed by atoms with Gasteiger partial charge in [0.05, 0.1) is 11.9 Å². The molecule has 9 heteroatoms. The van der Waals surface area contributed by atoms with E-state index >= 15 is 0 Å². The smallest absolute Gasteiger partial charge is 0.244 e. The number of nitrogens with zero attached hydrogens (tertiary/aromatic N) is 2. The number of halogens is 1. The first-order valence-corrected chi connectivity index (χ1v) is 11.6. The topological polar surface area (TPSA) is 86.8 Å². The third-order valence-corrected chi connectivity index (χ3v) is 6.01. The summed E-state index contributed by atoms with van der Waals surface area (Å²) in [7, 11) is -2.21. The molecule has 0 radical (unpaired) electrons. The zero-order valence-electron chi connectivity index (χ0n) is 16.5. The van der Waals surface area contributed by atoms with Gasteiger partial charge in [0.25, 0.3) is 0 Å². The Balaban J connectivity index is 2.35. The van der Waals surface area contributed by atoms with Crippen molar-refractivity contribution in [3.8, 4) is 0 Å². The molecule has 0 heterocycles. The highest BCUT2D eigenvalue weighted by Gasteiger charge is 2.29. The molecule has 0 aliphatic rings. The van der Waals surface area contributed by atoms with Crippen LogP contribution in [0, 0.1) is 0 Å². The Labute approximate surface area is 179 Å². The Morgan fingerprint density at radius 1 is 1.10 bits per heavy atom. The minimum Gasteiger partial charge on any atom is -0.357 e. The Morgan fingerprint density at radius 2 is 1.76 bits per heavy atom. The molecule has 1 N–H and O–H groups in total. The van der Waals surface area contributed by atoms with Gasteiger partial charge < -0.3 is 10.2 Å². The van der Waals surface area contributed by atoms with E-state index in [-0.39, 0.29) is 12.5 Å². The molecule has 2 aromatic carbocycles. The maximum Gasteiger partial charge on any atom is 0.244 e. The number of anilines is 1. The van der Waals surface area contributed by atoms with Gasteiger partial charge in [-0.1, -0.05) is 46.3 Å². The summed E-state index contributed by atoms with van der Waals surface area (Å²) in [6.07, 6.45) is 1.05. The van der Waals surface area contributed by atoms with Gasteiger partial charge in [-0.25, -0.2) is 8.42 Å². The van der Waals surface area contributed by atoms with Gasteiger partial charge >= 0.3 is 0 Å². The highest BCUT2D eigenvalue weighted by atomic mass is 79.9. The van der Waals surface area contributed by atoms with Crippen molar-refractivity contribution in [1.29, 1.82) is 0 Å². The van der Waals surface area contributed by atoms with Crippen LogP contribution in [0.5, 0.6) is 0 Å². The molecule has 0 aromatic heterocycles. The molecule has 7 nitrogen and oxygen atoms in total. The van der Waals surface area contributed by atoms with Crippen molar-refractivity contribution in [3.63, 3.8) is 0 Å². The summed E-state index contributed by atoms with van der Waals surface area (Å²) >= 11 is 3.40. The average molecular weight is 482 g/mol. The van der Waals surface area contributed by atoms with Crippen LogP contribution < -0.4 is 9.62 Å². The molecule has 156 valence electrons. The molecule has 2 aromatic rings. The maximum atomic E-state index is 13.2. The third kappa shape index (κ3) is 6.30. The van der Waals surface area contributed by atoms with Crippen molar-refractivity contribution in [2.75, 3.05) is 24.2 Å². The number of sulfonamides is 1. The Hall–Kier alpha value is -2.39. The third-order valence-electron chi connectivity index (χ3n) is 4.38. The molecule has 0 aliphatic heterocycles. The number of para-hydroxylation sites is 1. The van der Waals surface area contributed by atoms with Crippen molar-refractivity contribution in [1.82, 2.24) is 10.2 Å². The van der Waals surface area contributed by atoms with E-state index in [1.54, 1.807) is 37.3 Å². The van der Waals surface area contributed by atoms with E-state index in [0.29, 0.717) is 5.69 Å². The second-order valence-corrected chi connectivity index (χ2v) is 9.37. The van der Waals surface area contributed by atoms with Crippen LogP contribution in [-0.4, -0.2) is 51.0 Å². The summed E-state index contributed by atoms with van der Waals surface area (Å²) in [4.78, 5) is 26.8. The minimum atomic E-state index is -3.70. The van der Waals surface area contributed by atoms with E-state index in [9.17, 15) is 18.0 Å². The van der Waals surface area contributed by atoms with Crippen LogP contribution in [0.25, 0.3) is 0 Å². The van der Waals surface area contributed by atoms with E-state index in [2.05, 4.69) is 21.2 Å². The van der Waals surface area contributed by atoms with Crippen LogP contribution in [-0.2, 0) is 26.2 Å². The van der Waals surface area contributed by atoms with Gasteiger partial charge in [0.2, 0.25) is 21.8 Å². The van der Waals surface area contributed by atoms with Crippen LogP contribution in [0.15, 0.2) is 59.1 Å². The first kappa shape index (κ1) is 22.9. The van der Waals surface area contributed by atoms with E-state index < -0.39 is 28.5 Å². The van der Waals surface area contributed by atoms with E-state index in [4.69, 9.17) is 0 Å². The molecular formula is C20H24BrN3O4S. The molecule has 0 fully saturated rings. The number of amides is 2. The SMILES string of the molecule is CNC(=O)[C@H](C)N(Cc1cccc(Br)c1)C(=O)CN(c1ccccc1)S(C)(=O)=O. The zero-order valence-corrected chi connectivity index (χ0v) is 18.9. The molecule has 29 heavy (non-hydrogen) atoms. The lowest BCUT2D eigenvalue weighted by Gasteiger charge is -2.31. The monoisotopic (exact) mass is 481 g/mol. The number of carbonyl (C=O) groups excluding carboxylic acids is 2. The van der Waals surface area contributed by atoms with Crippen LogP contribution in [0.3, 0.4) is 0 Å². The quantitative estimate of drug-likeness (QED) is 0.626. The fourth-order valence-electron chi connectivity index (χ4n) is 2.83. The number of rotatable bonds is 8. The fourth-order valence-corrected chi connectivity index (χ4v) is 4.13. The van der Waals surface area contributed by atoms with Crippen LogP contribution in [0.1, 0.15) is 12.5 Å². The summed E-state index contributed by atoms with van der Waals surface area (Å²) in [6.45, 7) is 1.37. The highest BCUT2D eigenvalue weighted by molar-refractivity contribution is 9.10. The predicted octanol–water partition coefficient (Wildman–Crippen LogP) is 2.38. The number of likely N-dealkylation sites (N-methyl/N-ethyl adjacent to an activating group) is 1. The summed E-state index contributed by atoms with van der Waals surface area (Å²) in [5, 5.41) is 2.54. The Bertz CT molecular complexity index is 967. The number of hydrogen-bond acceptors (Lipinski definition) is 4. The van der Waals surface area contributed by atoms with Gasteiger partial charge in [-0.2, -0.15) is 0 Å². The lowest BCUT2D eigenvalue weighted by molar-refractivity contribution is -0.139. The minimum absolute atomic E-state index is 0.166. The van der Waals surface area contributed by atoms with Gasteiger partial charge in [0.15, 0.2) is 0 Å². The van der Waals surface area contributed by atoms with Gasteiger partial charge in [0.1, 0.15) is 12.6 Å². The molecule has 0 saturated carbocycles. The summed E-state index contributed by atoms with van der Waals surface area (Å²) in [5.41, 5.74) is 1.20. The summed E-state index contributed by atoms with van der Waals surface area (Å²) < 4.78 is 26.5. The maximum absolute atomic E-state index is 13.2. The molecule has 0 bridgehead atoms.